The Balaban J connectivity index is 4.58. The summed E-state index contributed by atoms with van der Waals surface area (Å²) in [6, 6.07) is 0. The molecule has 0 spiro atoms. The number of aliphatic carboxylic acids is 1. The summed E-state index contributed by atoms with van der Waals surface area (Å²) in [6.45, 7) is 4.52. The molecule has 0 saturated carbocycles. The normalized spacial score (nSPS) is 11.1. The Hall–Kier alpha value is -1.12. The first kappa shape index (κ1) is 9.88. The zero-order chi connectivity index (χ0) is 9.02. The van der Waals surface area contributed by atoms with E-state index in [0.717, 1.165) is 6.08 Å². The van der Waals surface area contributed by atoms with Gasteiger partial charge in [0.05, 0.1) is 0 Å². The highest BCUT2D eigenvalue weighted by Crippen LogP contribution is 2.08. The van der Waals surface area contributed by atoms with Gasteiger partial charge in [0.1, 0.15) is 5.83 Å². The summed E-state index contributed by atoms with van der Waals surface area (Å²) in [5, 5.41) is 8.36. The molecule has 0 saturated heterocycles. The molecule has 0 aromatic heterocycles. The lowest BCUT2D eigenvalue weighted by atomic mass is 10.2. The van der Waals surface area contributed by atoms with Crippen LogP contribution in [0, 0.1) is 0 Å². The largest absolute Gasteiger partial charge is 0.478 e. The molecule has 0 fully saturated rings. The topological polar surface area (TPSA) is 37.3 Å². The van der Waals surface area contributed by atoms with Crippen LogP contribution in [-0.4, -0.2) is 11.1 Å². The highest BCUT2D eigenvalue weighted by Gasteiger charge is 2.01. The van der Waals surface area contributed by atoms with Crippen molar-refractivity contribution in [2.75, 3.05) is 0 Å². The van der Waals surface area contributed by atoms with Crippen molar-refractivity contribution >= 4 is 5.97 Å². The molecule has 0 unspecified atom stereocenters. The first-order valence-electron chi connectivity index (χ1n) is 3.19. The number of halogens is 1. The highest BCUT2D eigenvalue weighted by molar-refractivity contribution is 5.86. The first-order valence-corrected chi connectivity index (χ1v) is 3.19. The van der Waals surface area contributed by atoms with Crippen molar-refractivity contribution in [1.29, 1.82) is 0 Å². The Morgan fingerprint density at radius 2 is 1.82 bits per heavy atom. The number of carboxylic acid groups (broad SMARTS) is 1. The summed E-state index contributed by atoms with van der Waals surface area (Å²) in [4.78, 5) is 10.2. The van der Waals surface area contributed by atoms with E-state index in [1.807, 2.05) is 0 Å². The fraction of sp³-hybridized carbons (Fsp3) is 0.375. The third-order valence-corrected chi connectivity index (χ3v) is 1.16. The van der Waals surface area contributed by atoms with Crippen molar-refractivity contribution in [3.8, 4) is 0 Å². The summed E-state index contributed by atoms with van der Waals surface area (Å²) >= 11 is 0. The number of hydrogen-bond donors (Lipinski definition) is 1. The monoisotopic (exact) mass is 158 g/mol. The minimum atomic E-state index is -1.10. The van der Waals surface area contributed by atoms with Crippen LogP contribution in [0.25, 0.3) is 0 Å². The van der Waals surface area contributed by atoms with E-state index >= 15 is 0 Å². The fourth-order valence-electron chi connectivity index (χ4n) is 0.396. The van der Waals surface area contributed by atoms with Crippen LogP contribution in [0.15, 0.2) is 23.0 Å². The molecule has 1 N–H and O–H groups in total. The predicted octanol–water partition coefficient (Wildman–Crippen LogP) is 2.28. The van der Waals surface area contributed by atoms with Gasteiger partial charge in [-0.1, -0.05) is 0 Å². The summed E-state index contributed by atoms with van der Waals surface area (Å²) < 4.78 is 12.7. The molecule has 0 aliphatic carbocycles. The van der Waals surface area contributed by atoms with Gasteiger partial charge in [-0.2, -0.15) is 0 Å². The number of carboxylic acids is 1. The standard InChI is InChI=1S/C8H11FO2/c1-5(2)7(9)4-6(3)8(10)11/h4H,1-3H3,(H,10,11). The van der Waals surface area contributed by atoms with Crippen LogP contribution >= 0.6 is 0 Å². The van der Waals surface area contributed by atoms with Gasteiger partial charge in [-0.05, 0) is 32.4 Å². The lowest BCUT2D eigenvalue weighted by Crippen LogP contribution is -1.95. The maximum atomic E-state index is 12.7. The van der Waals surface area contributed by atoms with E-state index in [2.05, 4.69) is 0 Å². The molecule has 0 aromatic carbocycles. The summed E-state index contributed by atoms with van der Waals surface area (Å²) in [6.07, 6.45) is 1.01. The molecule has 3 heteroatoms. The van der Waals surface area contributed by atoms with Crippen LogP contribution < -0.4 is 0 Å². The predicted molar refractivity (Wildman–Crippen MR) is 40.9 cm³/mol. The summed E-state index contributed by atoms with van der Waals surface area (Å²) in [7, 11) is 0. The molecule has 0 amide bonds. The average Bonchev–Trinajstić information content (AvgIpc) is 1.87. The van der Waals surface area contributed by atoms with Gasteiger partial charge >= 0.3 is 5.97 Å². The number of allylic oxidation sites excluding steroid dienone is 3. The third-order valence-electron chi connectivity index (χ3n) is 1.16. The third kappa shape index (κ3) is 3.55. The Labute approximate surface area is 65.0 Å². The van der Waals surface area contributed by atoms with Crippen molar-refractivity contribution in [2.24, 2.45) is 0 Å². The Kier molecular flexibility index (Phi) is 3.51. The van der Waals surface area contributed by atoms with Crippen molar-refractivity contribution in [3.05, 3.63) is 23.0 Å². The van der Waals surface area contributed by atoms with E-state index in [-0.39, 0.29) is 5.57 Å². The molecule has 0 aliphatic rings. The number of hydrogen-bond acceptors (Lipinski definition) is 1. The van der Waals surface area contributed by atoms with E-state index < -0.39 is 11.8 Å². The molecular weight excluding hydrogens is 147 g/mol. The van der Waals surface area contributed by atoms with Crippen LogP contribution in [0.5, 0.6) is 0 Å². The van der Waals surface area contributed by atoms with Gasteiger partial charge in [-0.15, -0.1) is 0 Å². The Morgan fingerprint density at radius 3 is 2.09 bits per heavy atom. The van der Waals surface area contributed by atoms with Crippen LogP contribution in [0.4, 0.5) is 4.39 Å². The SMILES string of the molecule is CC(=CC(F)=C(C)C)C(=O)O. The zero-order valence-electron chi connectivity index (χ0n) is 6.81. The van der Waals surface area contributed by atoms with E-state index in [0.29, 0.717) is 5.57 Å². The second kappa shape index (κ2) is 3.91. The lowest BCUT2D eigenvalue weighted by molar-refractivity contribution is -0.132. The van der Waals surface area contributed by atoms with Crippen molar-refractivity contribution in [1.82, 2.24) is 0 Å². The minimum absolute atomic E-state index is 0.00343. The van der Waals surface area contributed by atoms with Gasteiger partial charge in [0.15, 0.2) is 0 Å². The minimum Gasteiger partial charge on any atom is -0.478 e. The quantitative estimate of drug-likeness (QED) is 0.494. The fourth-order valence-corrected chi connectivity index (χ4v) is 0.396. The number of rotatable bonds is 2. The molecule has 0 rings (SSSR count). The van der Waals surface area contributed by atoms with Crippen LogP contribution in [0.3, 0.4) is 0 Å². The smallest absolute Gasteiger partial charge is 0.331 e. The van der Waals surface area contributed by atoms with Gasteiger partial charge in [-0.25, -0.2) is 9.18 Å². The van der Waals surface area contributed by atoms with Gasteiger partial charge in [-0.3, -0.25) is 0 Å². The van der Waals surface area contributed by atoms with Crippen molar-refractivity contribution in [2.45, 2.75) is 20.8 Å². The zero-order valence-corrected chi connectivity index (χ0v) is 6.81. The van der Waals surface area contributed by atoms with Gasteiger partial charge < -0.3 is 5.11 Å². The molecular formula is C8H11FO2. The van der Waals surface area contributed by atoms with E-state index in [1.54, 1.807) is 13.8 Å². The second-order valence-electron chi connectivity index (χ2n) is 2.48. The van der Waals surface area contributed by atoms with Crippen molar-refractivity contribution in [3.63, 3.8) is 0 Å². The first-order chi connectivity index (χ1) is 4.95. The molecule has 2 nitrogen and oxygen atoms in total. The van der Waals surface area contributed by atoms with E-state index in [4.69, 9.17) is 5.11 Å². The Morgan fingerprint density at radius 1 is 1.36 bits per heavy atom. The average molecular weight is 158 g/mol. The van der Waals surface area contributed by atoms with Crippen LogP contribution in [0.2, 0.25) is 0 Å². The molecule has 0 heterocycles. The molecule has 0 bridgehead atoms. The van der Waals surface area contributed by atoms with Crippen LogP contribution in [0.1, 0.15) is 20.8 Å². The Bertz CT molecular complexity index is 222. The van der Waals surface area contributed by atoms with Gasteiger partial charge in [0.2, 0.25) is 0 Å². The maximum absolute atomic E-state index is 12.7. The molecule has 0 aliphatic heterocycles. The van der Waals surface area contributed by atoms with Gasteiger partial charge in [0.25, 0.3) is 0 Å². The maximum Gasteiger partial charge on any atom is 0.331 e. The summed E-state index contributed by atoms with van der Waals surface area (Å²) in [5.74, 6) is -1.58. The number of carbonyl (C=O) groups is 1. The van der Waals surface area contributed by atoms with Crippen LogP contribution in [-0.2, 0) is 4.79 Å². The molecule has 62 valence electrons. The lowest BCUT2D eigenvalue weighted by Gasteiger charge is -1.93. The molecule has 0 radical (unpaired) electrons. The van der Waals surface area contributed by atoms with Gasteiger partial charge in [0, 0.05) is 5.57 Å². The molecule has 11 heavy (non-hydrogen) atoms. The second-order valence-corrected chi connectivity index (χ2v) is 2.48. The highest BCUT2D eigenvalue weighted by atomic mass is 19.1. The molecule has 0 aromatic rings. The van der Waals surface area contributed by atoms with E-state index in [1.165, 1.54) is 6.92 Å². The van der Waals surface area contributed by atoms with E-state index in [9.17, 15) is 9.18 Å². The van der Waals surface area contributed by atoms with Crippen molar-refractivity contribution < 1.29 is 14.3 Å². The molecule has 0 atom stereocenters. The summed E-state index contributed by atoms with van der Waals surface area (Å²) in [5.41, 5.74) is 0.481.